The smallest absolute Gasteiger partial charge is 0.105 e. The first kappa shape index (κ1) is 10.8. The van der Waals surface area contributed by atoms with E-state index in [1.54, 1.807) is 6.92 Å². The first-order chi connectivity index (χ1) is 3.15. The van der Waals surface area contributed by atoms with Crippen LogP contribution in [0.5, 0.6) is 0 Å². The van der Waals surface area contributed by atoms with Crippen LogP contribution in [0.4, 0.5) is 0 Å². The minimum Gasteiger partial charge on any atom is -0.127 e. The van der Waals surface area contributed by atoms with E-state index in [2.05, 4.69) is 0 Å². The zero-order valence-corrected chi connectivity index (χ0v) is 6.69. The molecule has 0 saturated heterocycles. The molecule has 0 nitrogen and oxygen atoms in total. The van der Waals surface area contributed by atoms with E-state index in [-0.39, 0.29) is 4.84 Å². The minimum atomic E-state index is -0.222. The molecule has 46 valence electrons. The van der Waals surface area contributed by atoms with Crippen molar-refractivity contribution in [3.8, 4) is 0 Å². The molecule has 0 aromatic carbocycles. The molecule has 0 unspecified atom stereocenters. The highest BCUT2D eigenvalue weighted by Crippen LogP contribution is 1.95. The summed E-state index contributed by atoms with van der Waals surface area (Å²) in [4.78, 5) is -0.222. The summed E-state index contributed by atoms with van der Waals surface area (Å²) in [7, 11) is 0. The van der Waals surface area contributed by atoms with Crippen LogP contribution in [0.1, 0.15) is 13.8 Å². The van der Waals surface area contributed by atoms with Crippen molar-refractivity contribution < 1.29 is 0 Å². The van der Waals surface area contributed by atoms with Crippen LogP contribution in [0.25, 0.3) is 0 Å². The van der Waals surface area contributed by atoms with E-state index in [0.29, 0.717) is 0 Å². The van der Waals surface area contributed by atoms with Crippen molar-refractivity contribution >= 4 is 34.8 Å². The monoisotopic (exact) mass is 162 g/mol. The van der Waals surface area contributed by atoms with Gasteiger partial charge in [0, 0.05) is 5.88 Å². The van der Waals surface area contributed by atoms with E-state index < -0.39 is 0 Å². The van der Waals surface area contributed by atoms with E-state index in [9.17, 15) is 0 Å². The van der Waals surface area contributed by atoms with Crippen LogP contribution < -0.4 is 0 Å². The fourth-order valence-electron chi connectivity index (χ4n) is 0. The first-order valence-corrected chi connectivity index (χ1v) is 3.40. The highest BCUT2D eigenvalue weighted by atomic mass is 35.5. The van der Waals surface area contributed by atoms with Gasteiger partial charge in [-0.05, 0) is 6.92 Å². The maximum atomic E-state index is 5.04. The van der Waals surface area contributed by atoms with Crippen LogP contribution in [0, 0.1) is 0 Å². The molecule has 0 fully saturated rings. The van der Waals surface area contributed by atoms with Crippen LogP contribution in [-0.2, 0) is 0 Å². The molecule has 0 amide bonds. The van der Waals surface area contributed by atoms with Crippen molar-refractivity contribution in [3.63, 3.8) is 0 Å². The quantitative estimate of drug-likeness (QED) is 0.482. The van der Waals surface area contributed by atoms with Crippen molar-refractivity contribution in [1.29, 1.82) is 0 Å². The van der Waals surface area contributed by atoms with Gasteiger partial charge in [0.2, 0.25) is 0 Å². The van der Waals surface area contributed by atoms with Crippen LogP contribution in [0.15, 0.2) is 0 Å². The van der Waals surface area contributed by atoms with Gasteiger partial charge in [-0.15, -0.1) is 34.8 Å². The molecule has 7 heavy (non-hydrogen) atoms. The second-order valence-corrected chi connectivity index (χ2v) is 2.85. The molecule has 0 aliphatic rings. The zero-order valence-electron chi connectivity index (χ0n) is 4.42. The van der Waals surface area contributed by atoms with E-state index in [0.717, 1.165) is 5.88 Å². The summed E-state index contributed by atoms with van der Waals surface area (Å²) in [6.45, 7) is 3.59. The predicted molar refractivity (Wildman–Crippen MR) is 37.6 cm³/mol. The normalized spacial score (nSPS) is 7.71. The summed E-state index contributed by atoms with van der Waals surface area (Å²) in [6.07, 6.45) is 0. The standard InChI is InChI=1S/C2H4Cl2.C2H5Cl/c1-2(3)4;1-2-3/h2H,1H3;2H2,1H3. The number of halogens is 3. The third-order valence-corrected chi connectivity index (χ3v) is 0. The lowest BCUT2D eigenvalue weighted by Gasteiger charge is -1.72. The molecule has 0 heterocycles. The van der Waals surface area contributed by atoms with Gasteiger partial charge in [0.25, 0.3) is 0 Å². The maximum Gasteiger partial charge on any atom is 0.105 e. The van der Waals surface area contributed by atoms with Crippen molar-refractivity contribution in [2.75, 3.05) is 5.88 Å². The molecule has 0 bridgehead atoms. The summed E-state index contributed by atoms with van der Waals surface area (Å²) in [5.41, 5.74) is 0. The lowest BCUT2D eigenvalue weighted by molar-refractivity contribution is 1.39. The maximum absolute atomic E-state index is 5.04. The molecule has 3 heteroatoms. The number of hydrogen-bond donors (Lipinski definition) is 0. The Morgan fingerprint density at radius 3 is 1.43 bits per heavy atom. The molecular weight excluding hydrogens is 154 g/mol. The van der Waals surface area contributed by atoms with E-state index in [1.165, 1.54) is 0 Å². The lowest BCUT2D eigenvalue weighted by atomic mass is 11.0. The van der Waals surface area contributed by atoms with Crippen LogP contribution >= 0.6 is 34.8 Å². The molecule has 0 atom stereocenters. The average Bonchev–Trinajstić information content (AvgIpc) is 1.33. The third kappa shape index (κ3) is 215. The van der Waals surface area contributed by atoms with Gasteiger partial charge in [0.15, 0.2) is 0 Å². The van der Waals surface area contributed by atoms with E-state index >= 15 is 0 Å². The molecule has 0 aliphatic heterocycles. The van der Waals surface area contributed by atoms with Crippen LogP contribution in [0.2, 0.25) is 0 Å². The fourth-order valence-corrected chi connectivity index (χ4v) is 0. The molecule has 0 saturated carbocycles. The topological polar surface area (TPSA) is 0 Å². The SMILES string of the molecule is CC(Cl)Cl.CCCl. The summed E-state index contributed by atoms with van der Waals surface area (Å²) < 4.78 is 0. The third-order valence-electron chi connectivity index (χ3n) is 0. The Kier molecular flexibility index (Phi) is 15.4. The molecule has 0 radical (unpaired) electrons. The molecule has 0 aliphatic carbocycles. The second kappa shape index (κ2) is 9.98. The lowest BCUT2D eigenvalue weighted by Crippen LogP contribution is -1.63. The van der Waals surface area contributed by atoms with Crippen molar-refractivity contribution in [2.24, 2.45) is 0 Å². The minimum absolute atomic E-state index is 0.222. The Morgan fingerprint density at radius 2 is 1.43 bits per heavy atom. The first-order valence-electron chi connectivity index (χ1n) is 1.99. The molecule has 0 aromatic heterocycles. The van der Waals surface area contributed by atoms with Gasteiger partial charge < -0.3 is 0 Å². The van der Waals surface area contributed by atoms with Crippen molar-refractivity contribution in [1.82, 2.24) is 0 Å². The molecule has 0 rings (SSSR count). The van der Waals surface area contributed by atoms with Crippen LogP contribution in [0.3, 0.4) is 0 Å². The number of hydrogen-bond acceptors (Lipinski definition) is 0. The van der Waals surface area contributed by atoms with Gasteiger partial charge in [-0.25, -0.2) is 0 Å². The van der Waals surface area contributed by atoms with Crippen LogP contribution in [-0.4, -0.2) is 10.7 Å². The molecule has 0 N–H and O–H groups in total. The number of rotatable bonds is 0. The average molecular weight is 163 g/mol. The van der Waals surface area contributed by atoms with Gasteiger partial charge in [-0.2, -0.15) is 0 Å². The highest BCUT2D eigenvalue weighted by molar-refractivity contribution is 6.43. The zero-order chi connectivity index (χ0) is 6.28. The predicted octanol–water partition coefficient (Wildman–Crippen LogP) is 3.06. The van der Waals surface area contributed by atoms with Crippen molar-refractivity contribution in [3.05, 3.63) is 0 Å². The Hall–Kier alpha value is 0.870. The molecule has 0 aromatic rings. The van der Waals surface area contributed by atoms with Crippen molar-refractivity contribution in [2.45, 2.75) is 18.7 Å². The summed E-state index contributed by atoms with van der Waals surface area (Å²) in [5, 5.41) is 0. The highest BCUT2D eigenvalue weighted by Gasteiger charge is 1.75. The second-order valence-electron chi connectivity index (χ2n) is 0.786. The largest absolute Gasteiger partial charge is 0.127 e. The van der Waals surface area contributed by atoms with Gasteiger partial charge >= 0.3 is 0 Å². The molecular formula is C4H9Cl3. The molecule has 0 spiro atoms. The van der Waals surface area contributed by atoms with E-state index in [4.69, 9.17) is 34.8 Å². The summed E-state index contributed by atoms with van der Waals surface area (Å²) >= 11 is 15.1. The Labute approximate surface area is 59.7 Å². The Morgan fingerprint density at radius 1 is 1.43 bits per heavy atom. The summed E-state index contributed by atoms with van der Waals surface area (Å²) in [5.74, 6) is 0.722. The van der Waals surface area contributed by atoms with Gasteiger partial charge in [-0.1, -0.05) is 6.92 Å². The Balaban J connectivity index is 0. The fraction of sp³-hybridized carbons (Fsp3) is 1.00. The number of alkyl halides is 3. The van der Waals surface area contributed by atoms with Gasteiger partial charge in [-0.3, -0.25) is 0 Å². The summed E-state index contributed by atoms with van der Waals surface area (Å²) in [6, 6.07) is 0. The van der Waals surface area contributed by atoms with Gasteiger partial charge in [0.05, 0.1) is 0 Å². The van der Waals surface area contributed by atoms with E-state index in [1.807, 2.05) is 6.92 Å². The van der Waals surface area contributed by atoms with Gasteiger partial charge in [0.1, 0.15) is 4.84 Å². The Bertz CT molecular complexity index is 18.1.